The van der Waals surface area contributed by atoms with Crippen molar-refractivity contribution in [1.82, 2.24) is 5.32 Å². The molecule has 0 unspecified atom stereocenters. The van der Waals surface area contributed by atoms with E-state index in [2.05, 4.69) is 25.2 Å². The molecule has 0 amide bonds. The number of rotatable bonds is 1. The van der Waals surface area contributed by atoms with Gasteiger partial charge in [0.05, 0.1) is 0 Å². The van der Waals surface area contributed by atoms with E-state index in [9.17, 15) is 0 Å². The van der Waals surface area contributed by atoms with Gasteiger partial charge in [0.1, 0.15) is 0 Å². The molecule has 0 spiro atoms. The van der Waals surface area contributed by atoms with Crippen molar-refractivity contribution >= 4 is 7.92 Å². The average Bonchev–Trinajstić information content (AvgIpc) is 2.13. The van der Waals surface area contributed by atoms with Gasteiger partial charge in [0.2, 0.25) is 0 Å². The van der Waals surface area contributed by atoms with Gasteiger partial charge in [-0.1, -0.05) is 0 Å². The number of hydrogen-bond donors (Lipinski definition) is 1. The van der Waals surface area contributed by atoms with Crippen LogP contribution in [0.4, 0.5) is 0 Å². The van der Waals surface area contributed by atoms with Crippen molar-refractivity contribution in [3.05, 3.63) is 11.8 Å². The van der Waals surface area contributed by atoms with Crippen LogP contribution in [0.2, 0.25) is 0 Å². The standard InChI is InChI=1S/C7H9N.2W/c1-6(2)7-4-3-5-8-7;;/h4,6,8H,1-2H3;;. The Morgan fingerprint density at radius 3 is 2.20 bits per heavy atom. The molecule has 1 nitrogen and oxygen atoms in total. The maximum absolute atomic E-state index is 3.40. The van der Waals surface area contributed by atoms with Gasteiger partial charge in [0.15, 0.2) is 0 Å². The third-order valence-corrected chi connectivity index (χ3v) is 5.72. The van der Waals surface area contributed by atoms with Gasteiger partial charge in [-0.05, 0) is 0 Å². The molecule has 0 saturated heterocycles. The van der Waals surface area contributed by atoms with Crippen molar-refractivity contribution in [2.24, 2.45) is 5.92 Å². The molecule has 0 saturated carbocycles. The molecule has 10 heavy (non-hydrogen) atoms. The molecule has 1 heterocycles. The molecular formula is C7H9NW2. The van der Waals surface area contributed by atoms with Crippen molar-refractivity contribution in [3.63, 3.8) is 0 Å². The Hall–Kier alpha value is 0.657. The van der Waals surface area contributed by atoms with Gasteiger partial charge in [-0.15, -0.1) is 0 Å². The Labute approximate surface area is 83.1 Å². The van der Waals surface area contributed by atoms with Crippen molar-refractivity contribution < 1.29 is 38.7 Å². The summed E-state index contributed by atoms with van der Waals surface area (Å²) in [5, 5.41) is 3.40. The van der Waals surface area contributed by atoms with Crippen LogP contribution in [0.1, 0.15) is 13.8 Å². The van der Waals surface area contributed by atoms with Crippen LogP contribution >= 0.6 is 0 Å². The van der Waals surface area contributed by atoms with E-state index in [-0.39, 0.29) is 0 Å². The summed E-state index contributed by atoms with van der Waals surface area (Å²) in [6.07, 6.45) is 2.28. The average molecular weight is 475 g/mol. The Kier molecular flexibility index (Phi) is 2.95. The summed E-state index contributed by atoms with van der Waals surface area (Å²) in [5.74, 6) is 0.645. The molecule has 1 N–H and O–H groups in total. The number of allylic oxidation sites excluding steroid dienone is 1. The molecule has 1 aliphatic heterocycles. The second kappa shape index (κ2) is 3.37. The molecule has 0 atom stereocenters. The topological polar surface area (TPSA) is 12.0 Å². The van der Waals surface area contributed by atoms with Crippen LogP contribution in [0, 0.1) is 5.92 Å². The summed E-state index contributed by atoms with van der Waals surface area (Å²) in [6.45, 7) is 4.44. The molecule has 0 radical (unpaired) electrons. The van der Waals surface area contributed by atoms with Crippen LogP contribution in [0.5, 0.6) is 0 Å². The molecule has 0 aromatic heterocycles. The van der Waals surface area contributed by atoms with Crippen LogP contribution in [-0.4, -0.2) is 7.92 Å². The van der Waals surface area contributed by atoms with Gasteiger partial charge in [0, 0.05) is 0 Å². The first kappa shape index (κ1) is 8.75. The van der Waals surface area contributed by atoms with E-state index in [1.807, 2.05) is 0 Å². The Bertz CT molecular complexity index is 216. The molecular weight excluding hydrogens is 466 g/mol. The molecule has 0 aromatic carbocycles. The van der Waals surface area contributed by atoms with E-state index in [0.29, 0.717) is 5.92 Å². The number of hydrogen-bond acceptors (Lipinski definition) is 1. The first-order valence-electron chi connectivity index (χ1n) is 3.18. The van der Waals surface area contributed by atoms with E-state index in [4.69, 9.17) is 0 Å². The summed E-state index contributed by atoms with van der Waals surface area (Å²) in [5.41, 5.74) is 1.38. The van der Waals surface area contributed by atoms with Gasteiger partial charge >= 0.3 is 83.5 Å². The quantitative estimate of drug-likeness (QED) is 0.585. The van der Waals surface area contributed by atoms with Gasteiger partial charge in [0.25, 0.3) is 0 Å². The van der Waals surface area contributed by atoms with E-state index >= 15 is 0 Å². The second-order valence-corrected chi connectivity index (χ2v) is 5.62. The molecule has 1 aliphatic rings. The van der Waals surface area contributed by atoms with Gasteiger partial charge in [-0.25, -0.2) is 0 Å². The Balaban J connectivity index is 2.77. The molecule has 3 heteroatoms. The maximum atomic E-state index is 3.40. The van der Waals surface area contributed by atoms with E-state index in [1.54, 1.807) is 38.7 Å². The van der Waals surface area contributed by atoms with Crippen molar-refractivity contribution in [2.75, 3.05) is 0 Å². The van der Waals surface area contributed by atoms with E-state index in [0.717, 1.165) is 0 Å². The molecule has 0 fully saturated rings. The predicted molar refractivity (Wildman–Crippen MR) is 36.1 cm³/mol. The third kappa shape index (κ3) is 1.83. The van der Waals surface area contributed by atoms with Crippen LogP contribution in [0.25, 0.3) is 0 Å². The molecule has 0 bridgehead atoms. The van der Waals surface area contributed by atoms with Crippen molar-refractivity contribution in [1.29, 1.82) is 0 Å². The third-order valence-electron chi connectivity index (χ3n) is 1.39. The van der Waals surface area contributed by atoms with Gasteiger partial charge in [-0.2, -0.15) is 0 Å². The summed E-state index contributed by atoms with van der Waals surface area (Å²) in [7, 11) is 0. The summed E-state index contributed by atoms with van der Waals surface area (Å²) in [6, 6.07) is 0. The zero-order valence-corrected chi connectivity index (χ0v) is 11.8. The van der Waals surface area contributed by atoms with Crippen LogP contribution in [0.3, 0.4) is 0 Å². The fourth-order valence-electron chi connectivity index (χ4n) is 0.747. The fourth-order valence-corrected chi connectivity index (χ4v) is 2.02. The van der Waals surface area contributed by atoms with Crippen molar-refractivity contribution in [3.8, 4) is 0 Å². The minimum atomic E-state index is 0.645. The van der Waals surface area contributed by atoms with E-state index < -0.39 is 0 Å². The normalized spacial score (nSPS) is 17.7. The Morgan fingerprint density at radius 2 is 2.00 bits per heavy atom. The first-order chi connectivity index (χ1) is 4.61. The first-order valence-corrected chi connectivity index (χ1v) is 6.11. The van der Waals surface area contributed by atoms with Gasteiger partial charge in [-0.3, -0.25) is 0 Å². The van der Waals surface area contributed by atoms with E-state index in [1.165, 1.54) is 13.6 Å². The van der Waals surface area contributed by atoms with Gasteiger partial charge < -0.3 is 0 Å². The zero-order valence-electron chi connectivity index (χ0n) is 5.97. The molecule has 1 rings (SSSR count). The monoisotopic (exact) mass is 475 g/mol. The summed E-state index contributed by atoms with van der Waals surface area (Å²) >= 11 is 3.12. The Morgan fingerprint density at radius 1 is 1.40 bits per heavy atom. The number of nitrogens with one attached hydrogen (secondary N) is 1. The SMILES string of the molecule is CC(C)C1=C[C](=[W])[C](=[W])N1. The van der Waals surface area contributed by atoms with Crippen LogP contribution in [-0.2, 0) is 38.7 Å². The zero-order chi connectivity index (χ0) is 7.72. The van der Waals surface area contributed by atoms with Crippen LogP contribution in [0.15, 0.2) is 11.8 Å². The summed E-state index contributed by atoms with van der Waals surface area (Å²) < 4.78 is 2.90. The minimum absolute atomic E-state index is 0.645. The fraction of sp³-hybridized carbons (Fsp3) is 0.429. The van der Waals surface area contributed by atoms with Crippen LogP contribution < -0.4 is 5.32 Å². The predicted octanol–water partition coefficient (Wildman–Crippen LogP) is 0.525. The molecule has 0 aliphatic carbocycles. The second-order valence-electron chi connectivity index (χ2n) is 2.57. The van der Waals surface area contributed by atoms with Crippen molar-refractivity contribution in [2.45, 2.75) is 13.8 Å². The molecule has 0 aromatic rings. The summed E-state index contributed by atoms with van der Waals surface area (Å²) in [4.78, 5) is 0. The molecule has 54 valence electrons.